The van der Waals surface area contributed by atoms with Crippen molar-refractivity contribution in [1.29, 1.82) is 0 Å². The number of ether oxygens (including phenoxy) is 2. The normalized spacial score (nSPS) is 21.4. The molecule has 0 aliphatic carbocycles. The van der Waals surface area contributed by atoms with Crippen LogP contribution in [0.4, 0.5) is 13.2 Å². The van der Waals surface area contributed by atoms with E-state index in [9.17, 15) is 22.8 Å². The molecule has 1 aromatic rings. The topological polar surface area (TPSA) is 67.9 Å². The van der Waals surface area contributed by atoms with Crippen molar-refractivity contribution in [3.63, 3.8) is 0 Å². The SMILES string of the molecule is O=C(NCc1ccccc1OC(F)(F)F)C1CC(=O)N(C2CCOCC2)C1. The van der Waals surface area contributed by atoms with Gasteiger partial charge in [0.2, 0.25) is 11.8 Å². The number of likely N-dealkylation sites (tertiary alicyclic amines) is 1. The summed E-state index contributed by atoms with van der Waals surface area (Å²) in [5.74, 6) is -1.27. The lowest BCUT2D eigenvalue weighted by Gasteiger charge is -2.31. The van der Waals surface area contributed by atoms with Crippen LogP contribution in [0.1, 0.15) is 24.8 Å². The van der Waals surface area contributed by atoms with Gasteiger partial charge in [-0.15, -0.1) is 13.2 Å². The highest BCUT2D eigenvalue weighted by atomic mass is 19.4. The molecule has 2 aliphatic rings. The Balaban J connectivity index is 1.56. The van der Waals surface area contributed by atoms with Gasteiger partial charge in [0.05, 0.1) is 5.92 Å². The third kappa shape index (κ3) is 5.12. The van der Waals surface area contributed by atoms with E-state index in [1.165, 1.54) is 18.2 Å². The number of rotatable bonds is 5. The van der Waals surface area contributed by atoms with Crippen LogP contribution < -0.4 is 10.1 Å². The summed E-state index contributed by atoms with van der Waals surface area (Å²) in [6.07, 6.45) is -3.18. The van der Waals surface area contributed by atoms with E-state index in [0.717, 1.165) is 12.8 Å². The highest BCUT2D eigenvalue weighted by Crippen LogP contribution is 2.27. The van der Waals surface area contributed by atoms with Crippen molar-refractivity contribution in [1.82, 2.24) is 10.2 Å². The number of hydrogen-bond acceptors (Lipinski definition) is 4. The molecule has 9 heteroatoms. The number of hydrogen-bond donors (Lipinski definition) is 1. The molecular weight excluding hydrogens is 365 g/mol. The zero-order valence-electron chi connectivity index (χ0n) is 14.6. The molecule has 1 aromatic carbocycles. The van der Waals surface area contributed by atoms with Crippen molar-refractivity contribution in [2.75, 3.05) is 19.8 Å². The van der Waals surface area contributed by atoms with Crippen LogP contribution in [0.5, 0.6) is 5.75 Å². The third-order valence-corrected chi connectivity index (χ3v) is 4.81. The lowest BCUT2D eigenvalue weighted by atomic mass is 10.1. The monoisotopic (exact) mass is 386 g/mol. The summed E-state index contributed by atoms with van der Waals surface area (Å²) in [6.45, 7) is 1.42. The van der Waals surface area contributed by atoms with Gasteiger partial charge < -0.3 is 19.7 Å². The molecular formula is C18H21F3N2O4. The molecule has 27 heavy (non-hydrogen) atoms. The molecule has 2 aliphatic heterocycles. The van der Waals surface area contributed by atoms with Crippen LogP contribution in [0.25, 0.3) is 0 Å². The number of halogens is 3. The largest absolute Gasteiger partial charge is 0.573 e. The summed E-state index contributed by atoms with van der Waals surface area (Å²) in [7, 11) is 0. The molecule has 2 heterocycles. The summed E-state index contributed by atoms with van der Waals surface area (Å²) in [6, 6.07) is 5.73. The first-order valence-electron chi connectivity index (χ1n) is 8.82. The van der Waals surface area contributed by atoms with Crippen molar-refractivity contribution in [3.05, 3.63) is 29.8 Å². The minimum absolute atomic E-state index is 0.0668. The molecule has 2 amide bonds. The maximum atomic E-state index is 12.5. The number of alkyl halides is 3. The standard InChI is InChI=1S/C18H21F3N2O4/c19-18(20,21)27-15-4-2-1-3-12(15)10-22-17(25)13-9-16(24)23(11-13)14-5-7-26-8-6-14/h1-4,13-14H,5-11H2,(H,22,25). The van der Waals surface area contributed by atoms with E-state index >= 15 is 0 Å². The van der Waals surface area contributed by atoms with Crippen LogP contribution in [-0.2, 0) is 20.9 Å². The third-order valence-electron chi connectivity index (χ3n) is 4.81. The molecule has 3 rings (SSSR count). The first-order chi connectivity index (χ1) is 12.8. The van der Waals surface area contributed by atoms with Crippen LogP contribution in [0.3, 0.4) is 0 Å². The predicted octanol–water partition coefficient (Wildman–Crippen LogP) is 2.23. The first kappa shape index (κ1) is 19.5. The summed E-state index contributed by atoms with van der Waals surface area (Å²) in [4.78, 5) is 26.4. The van der Waals surface area contributed by atoms with Gasteiger partial charge in [0.1, 0.15) is 5.75 Å². The molecule has 1 unspecified atom stereocenters. The molecule has 1 N–H and O–H groups in total. The minimum atomic E-state index is -4.80. The quantitative estimate of drug-likeness (QED) is 0.843. The Morgan fingerprint density at radius 3 is 2.67 bits per heavy atom. The van der Waals surface area contributed by atoms with E-state index in [2.05, 4.69) is 10.1 Å². The fourth-order valence-corrected chi connectivity index (χ4v) is 3.46. The fourth-order valence-electron chi connectivity index (χ4n) is 3.46. The average Bonchev–Trinajstić information content (AvgIpc) is 3.02. The summed E-state index contributed by atoms with van der Waals surface area (Å²) < 4.78 is 46.7. The van der Waals surface area contributed by atoms with E-state index < -0.39 is 12.3 Å². The second-order valence-corrected chi connectivity index (χ2v) is 6.66. The van der Waals surface area contributed by atoms with Gasteiger partial charge in [-0.2, -0.15) is 0 Å². The number of carbonyl (C=O) groups is 2. The van der Waals surface area contributed by atoms with Crippen molar-refractivity contribution >= 4 is 11.8 Å². The molecule has 2 saturated heterocycles. The summed E-state index contributed by atoms with van der Waals surface area (Å²) in [5, 5.41) is 2.62. The van der Waals surface area contributed by atoms with Crippen LogP contribution in [0, 0.1) is 5.92 Å². The number of carbonyl (C=O) groups excluding carboxylic acids is 2. The number of amides is 2. The van der Waals surface area contributed by atoms with Gasteiger partial charge in [0, 0.05) is 44.3 Å². The lowest BCUT2D eigenvalue weighted by Crippen LogP contribution is -2.41. The van der Waals surface area contributed by atoms with E-state index in [1.807, 2.05) is 0 Å². The zero-order valence-corrected chi connectivity index (χ0v) is 14.6. The van der Waals surface area contributed by atoms with E-state index in [0.29, 0.717) is 19.8 Å². The van der Waals surface area contributed by atoms with Crippen molar-refractivity contribution in [2.24, 2.45) is 5.92 Å². The van der Waals surface area contributed by atoms with E-state index in [-0.39, 0.29) is 42.1 Å². The zero-order chi connectivity index (χ0) is 19.4. The van der Waals surface area contributed by atoms with Gasteiger partial charge in [-0.05, 0) is 18.9 Å². The Kier molecular flexibility index (Phi) is 5.88. The maximum Gasteiger partial charge on any atom is 0.573 e. The van der Waals surface area contributed by atoms with E-state index in [4.69, 9.17) is 4.74 Å². The van der Waals surface area contributed by atoms with Gasteiger partial charge in [-0.1, -0.05) is 18.2 Å². The molecule has 0 radical (unpaired) electrons. The number of nitrogens with one attached hydrogen (secondary N) is 1. The highest BCUT2D eigenvalue weighted by Gasteiger charge is 2.38. The lowest BCUT2D eigenvalue weighted by molar-refractivity contribution is -0.274. The second-order valence-electron chi connectivity index (χ2n) is 6.66. The van der Waals surface area contributed by atoms with Gasteiger partial charge in [-0.25, -0.2) is 0 Å². The van der Waals surface area contributed by atoms with Gasteiger partial charge >= 0.3 is 6.36 Å². The smallest absolute Gasteiger partial charge is 0.405 e. The Hall–Kier alpha value is -2.29. The molecule has 0 aromatic heterocycles. The Labute approximate surface area is 154 Å². The molecule has 148 valence electrons. The summed E-state index contributed by atoms with van der Waals surface area (Å²) in [5.41, 5.74) is 0.216. The first-order valence-corrected chi connectivity index (χ1v) is 8.82. The van der Waals surface area contributed by atoms with Crippen LogP contribution in [0.15, 0.2) is 24.3 Å². The van der Waals surface area contributed by atoms with Gasteiger partial charge in [0.25, 0.3) is 0 Å². The maximum absolute atomic E-state index is 12.5. The van der Waals surface area contributed by atoms with Crippen LogP contribution in [-0.4, -0.2) is 48.9 Å². The molecule has 0 bridgehead atoms. The second kappa shape index (κ2) is 8.16. The Morgan fingerprint density at radius 1 is 1.26 bits per heavy atom. The van der Waals surface area contributed by atoms with Crippen molar-refractivity contribution < 1.29 is 32.2 Å². The molecule has 0 saturated carbocycles. The average molecular weight is 386 g/mol. The highest BCUT2D eigenvalue weighted by molar-refractivity contribution is 5.89. The number of benzene rings is 1. The predicted molar refractivity (Wildman–Crippen MR) is 88.6 cm³/mol. The number of nitrogens with zero attached hydrogens (tertiary/aromatic N) is 1. The molecule has 2 fully saturated rings. The van der Waals surface area contributed by atoms with Gasteiger partial charge in [0.15, 0.2) is 0 Å². The fraction of sp³-hybridized carbons (Fsp3) is 0.556. The molecule has 6 nitrogen and oxygen atoms in total. The van der Waals surface area contributed by atoms with Crippen molar-refractivity contribution in [2.45, 2.75) is 38.2 Å². The molecule has 0 spiro atoms. The van der Waals surface area contributed by atoms with E-state index in [1.54, 1.807) is 11.0 Å². The van der Waals surface area contributed by atoms with Crippen molar-refractivity contribution in [3.8, 4) is 5.75 Å². The summed E-state index contributed by atoms with van der Waals surface area (Å²) >= 11 is 0. The van der Waals surface area contributed by atoms with Crippen LogP contribution in [0.2, 0.25) is 0 Å². The molecule has 1 atom stereocenters. The van der Waals surface area contributed by atoms with Gasteiger partial charge in [-0.3, -0.25) is 9.59 Å². The number of para-hydroxylation sites is 1. The van der Waals surface area contributed by atoms with Crippen LogP contribution >= 0.6 is 0 Å². The Morgan fingerprint density at radius 2 is 1.96 bits per heavy atom. The Bertz CT molecular complexity index is 689. The minimum Gasteiger partial charge on any atom is -0.405 e.